The topological polar surface area (TPSA) is 49.3 Å². The zero-order valence-electron chi connectivity index (χ0n) is 10.4. The fourth-order valence-electron chi connectivity index (χ4n) is 2.68. The van der Waals surface area contributed by atoms with E-state index in [2.05, 4.69) is 12.2 Å². The number of hydrogen-bond donors (Lipinski definition) is 2. The summed E-state index contributed by atoms with van der Waals surface area (Å²) in [5, 5.41) is 12.4. The van der Waals surface area contributed by atoms with E-state index in [1.54, 1.807) is 18.2 Å². The van der Waals surface area contributed by atoms with Gasteiger partial charge in [-0.1, -0.05) is 25.5 Å². The normalized spacial score (nSPS) is 27.1. The van der Waals surface area contributed by atoms with Gasteiger partial charge in [0.05, 0.1) is 5.69 Å². The number of para-hydroxylation sites is 1. The summed E-state index contributed by atoms with van der Waals surface area (Å²) < 4.78 is 13.6. The van der Waals surface area contributed by atoms with E-state index >= 15 is 0 Å². The molecule has 0 heterocycles. The first kappa shape index (κ1) is 12.9. The van der Waals surface area contributed by atoms with Crippen LogP contribution in [0.3, 0.4) is 0 Å². The highest BCUT2D eigenvalue weighted by atomic mass is 19.1. The molecule has 1 saturated carbocycles. The maximum absolute atomic E-state index is 13.6. The van der Waals surface area contributed by atoms with Gasteiger partial charge in [0.15, 0.2) is 0 Å². The first-order chi connectivity index (χ1) is 8.57. The van der Waals surface area contributed by atoms with Crippen LogP contribution < -0.4 is 5.32 Å². The smallest absolute Gasteiger partial charge is 0.329 e. The fourth-order valence-corrected chi connectivity index (χ4v) is 2.68. The number of benzene rings is 1. The number of rotatable bonds is 4. The molecule has 4 heteroatoms. The average molecular weight is 251 g/mol. The number of carbonyl (C=O) groups is 1. The Hall–Kier alpha value is -1.58. The monoisotopic (exact) mass is 251 g/mol. The van der Waals surface area contributed by atoms with Crippen LogP contribution in [0.25, 0.3) is 0 Å². The molecule has 0 amide bonds. The third-order valence-electron chi connectivity index (χ3n) is 3.85. The Labute approximate surface area is 106 Å². The Balaban J connectivity index is 2.23. The summed E-state index contributed by atoms with van der Waals surface area (Å²) >= 11 is 0. The SMILES string of the molecule is CCC1CCC(Nc2ccccc2F)(C(=O)O)C1. The molecule has 2 rings (SSSR count). The molecule has 98 valence electrons. The molecule has 3 nitrogen and oxygen atoms in total. The van der Waals surface area contributed by atoms with Crippen molar-refractivity contribution in [3.05, 3.63) is 30.1 Å². The second-order valence-corrected chi connectivity index (χ2v) is 5.01. The van der Waals surface area contributed by atoms with Gasteiger partial charge in [-0.2, -0.15) is 0 Å². The number of nitrogens with one attached hydrogen (secondary N) is 1. The van der Waals surface area contributed by atoms with E-state index in [0.29, 0.717) is 18.8 Å². The minimum absolute atomic E-state index is 0.275. The highest BCUT2D eigenvalue weighted by molar-refractivity contribution is 5.83. The summed E-state index contributed by atoms with van der Waals surface area (Å²) in [7, 11) is 0. The lowest BCUT2D eigenvalue weighted by molar-refractivity contribution is -0.142. The van der Waals surface area contributed by atoms with E-state index in [1.165, 1.54) is 6.07 Å². The van der Waals surface area contributed by atoms with Gasteiger partial charge in [0, 0.05) is 0 Å². The molecule has 0 aliphatic heterocycles. The number of carboxylic acids is 1. The van der Waals surface area contributed by atoms with Crippen molar-refractivity contribution in [2.24, 2.45) is 5.92 Å². The summed E-state index contributed by atoms with van der Waals surface area (Å²) in [6.45, 7) is 2.06. The molecule has 1 aliphatic rings. The number of carboxylic acid groups (broad SMARTS) is 1. The van der Waals surface area contributed by atoms with E-state index in [-0.39, 0.29) is 5.69 Å². The molecule has 0 aromatic heterocycles. The molecule has 0 saturated heterocycles. The summed E-state index contributed by atoms with van der Waals surface area (Å²) in [4.78, 5) is 11.5. The van der Waals surface area contributed by atoms with E-state index < -0.39 is 17.3 Å². The van der Waals surface area contributed by atoms with Crippen molar-refractivity contribution in [3.63, 3.8) is 0 Å². The molecule has 0 bridgehead atoms. The minimum atomic E-state index is -1.01. The number of aliphatic carboxylic acids is 1. The van der Waals surface area contributed by atoms with Crippen LogP contribution in [0.1, 0.15) is 32.6 Å². The van der Waals surface area contributed by atoms with Crippen molar-refractivity contribution in [3.8, 4) is 0 Å². The standard InChI is InChI=1S/C14H18FNO2/c1-2-10-7-8-14(9-10,13(17)18)16-12-6-4-3-5-11(12)15/h3-6,10,16H,2,7-9H2,1H3,(H,17,18). The number of hydrogen-bond acceptors (Lipinski definition) is 2. The molecule has 2 atom stereocenters. The van der Waals surface area contributed by atoms with Gasteiger partial charge < -0.3 is 10.4 Å². The van der Waals surface area contributed by atoms with Gasteiger partial charge >= 0.3 is 5.97 Å². The largest absolute Gasteiger partial charge is 0.480 e. The molecule has 18 heavy (non-hydrogen) atoms. The minimum Gasteiger partial charge on any atom is -0.480 e. The predicted octanol–water partition coefficient (Wildman–Crippen LogP) is 3.27. The number of halogens is 1. The van der Waals surface area contributed by atoms with Crippen LogP contribution in [-0.2, 0) is 4.79 Å². The molecule has 2 N–H and O–H groups in total. The lowest BCUT2D eigenvalue weighted by Gasteiger charge is -2.27. The van der Waals surface area contributed by atoms with Crippen LogP contribution in [-0.4, -0.2) is 16.6 Å². The van der Waals surface area contributed by atoms with Crippen LogP contribution in [0.5, 0.6) is 0 Å². The van der Waals surface area contributed by atoms with Crippen molar-refractivity contribution in [2.75, 3.05) is 5.32 Å². The zero-order chi connectivity index (χ0) is 13.2. The van der Waals surface area contributed by atoms with Crippen LogP contribution in [0.15, 0.2) is 24.3 Å². The summed E-state index contributed by atoms with van der Waals surface area (Å²) in [6, 6.07) is 6.22. The Morgan fingerprint density at radius 2 is 2.28 bits per heavy atom. The molecule has 0 spiro atoms. The van der Waals surface area contributed by atoms with Crippen LogP contribution >= 0.6 is 0 Å². The van der Waals surface area contributed by atoms with Gasteiger partial charge in [-0.25, -0.2) is 9.18 Å². The predicted molar refractivity (Wildman–Crippen MR) is 68.0 cm³/mol. The Morgan fingerprint density at radius 1 is 1.56 bits per heavy atom. The Bertz CT molecular complexity index is 449. The van der Waals surface area contributed by atoms with Gasteiger partial charge in [0.1, 0.15) is 11.4 Å². The fraction of sp³-hybridized carbons (Fsp3) is 0.500. The van der Waals surface area contributed by atoms with Crippen LogP contribution in [0, 0.1) is 11.7 Å². The second kappa shape index (κ2) is 4.96. The molecular weight excluding hydrogens is 233 g/mol. The molecular formula is C14H18FNO2. The summed E-state index contributed by atoms with van der Waals surface area (Å²) in [5.41, 5.74) is -0.736. The van der Waals surface area contributed by atoms with Gasteiger partial charge in [0.2, 0.25) is 0 Å². The molecule has 0 radical (unpaired) electrons. The molecule has 1 fully saturated rings. The summed E-state index contributed by atoms with van der Waals surface area (Å²) in [6.07, 6.45) is 2.96. The van der Waals surface area contributed by atoms with Crippen molar-refractivity contribution in [1.82, 2.24) is 0 Å². The molecule has 1 aliphatic carbocycles. The molecule has 2 unspecified atom stereocenters. The lowest BCUT2D eigenvalue weighted by atomic mass is 9.94. The van der Waals surface area contributed by atoms with Gasteiger partial charge in [-0.15, -0.1) is 0 Å². The first-order valence-corrected chi connectivity index (χ1v) is 6.33. The zero-order valence-corrected chi connectivity index (χ0v) is 10.4. The van der Waals surface area contributed by atoms with E-state index in [0.717, 1.165) is 12.8 Å². The third-order valence-corrected chi connectivity index (χ3v) is 3.85. The third kappa shape index (κ3) is 2.33. The first-order valence-electron chi connectivity index (χ1n) is 6.33. The van der Waals surface area contributed by atoms with Crippen molar-refractivity contribution < 1.29 is 14.3 Å². The summed E-state index contributed by atoms with van der Waals surface area (Å²) in [5.74, 6) is -0.889. The second-order valence-electron chi connectivity index (χ2n) is 5.01. The van der Waals surface area contributed by atoms with Crippen LogP contribution in [0.4, 0.5) is 10.1 Å². The Morgan fingerprint density at radius 3 is 2.83 bits per heavy atom. The van der Waals surface area contributed by atoms with Gasteiger partial charge in [0.25, 0.3) is 0 Å². The highest BCUT2D eigenvalue weighted by Crippen LogP contribution is 2.39. The Kier molecular flexibility index (Phi) is 3.55. The van der Waals surface area contributed by atoms with E-state index in [4.69, 9.17) is 0 Å². The highest BCUT2D eigenvalue weighted by Gasteiger charge is 2.45. The van der Waals surface area contributed by atoms with Gasteiger partial charge in [-0.05, 0) is 37.3 Å². The van der Waals surface area contributed by atoms with Crippen molar-refractivity contribution in [2.45, 2.75) is 38.1 Å². The van der Waals surface area contributed by atoms with E-state index in [9.17, 15) is 14.3 Å². The maximum atomic E-state index is 13.6. The van der Waals surface area contributed by atoms with Crippen molar-refractivity contribution >= 4 is 11.7 Å². The van der Waals surface area contributed by atoms with Gasteiger partial charge in [-0.3, -0.25) is 0 Å². The van der Waals surface area contributed by atoms with Crippen LogP contribution in [0.2, 0.25) is 0 Å². The molecule has 1 aromatic carbocycles. The maximum Gasteiger partial charge on any atom is 0.329 e. The average Bonchev–Trinajstić information content (AvgIpc) is 2.77. The molecule has 1 aromatic rings. The quantitative estimate of drug-likeness (QED) is 0.863. The van der Waals surface area contributed by atoms with Crippen molar-refractivity contribution in [1.29, 1.82) is 0 Å². The lowest BCUT2D eigenvalue weighted by Crippen LogP contribution is -2.44. The van der Waals surface area contributed by atoms with E-state index in [1.807, 2.05) is 0 Å². The number of anilines is 1.